The molecule has 0 amide bonds. The van der Waals surface area contributed by atoms with Crippen molar-refractivity contribution < 1.29 is 0 Å². The molecule has 0 saturated carbocycles. The van der Waals surface area contributed by atoms with Crippen molar-refractivity contribution in [1.29, 1.82) is 0 Å². The van der Waals surface area contributed by atoms with Crippen LogP contribution >= 0.6 is 0 Å². The molecule has 0 heterocycles. The van der Waals surface area contributed by atoms with E-state index in [1.54, 1.807) is 0 Å². The van der Waals surface area contributed by atoms with Gasteiger partial charge in [0, 0.05) is 69.2 Å². The van der Waals surface area contributed by atoms with Gasteiger partial charge in [0.2, 0.25) is 0 Å². The molecule has 0 aromatic rings. The van der Waals surface area contributed by atoms with Crippen molar-refractivity contribution in [2.24, 2.45) is 0 Å². The van der Waals surface area contributed by atoms with Gasteiger partial charge < -0.3 is 0 Å². The largest absolute Gasteiger partial charge is 0.0715 e. The van der Waals surface area contributed by atoms with Gasteiger partial charge in [0.25, 0.3) is 0 Å². The third-order valence-corrected chi connectivity index (χ3v) is 0. The average Bonchev–Trinajstić information content (AvgIpc) is 1.54. The van der Waals surface area contributed by atoms with Crippen LogP contribution in [0.3, 0.4) is 0 Å². The Balaban J connectivity index is -0.0000000270. The zero-order chi connectivity index (χ0) is 10.7. The van der Waals surface area contributed by atoms with Gasteiger partial charge in [-0.15, -0.1) is 0 Å². The van der Waals surface area contributed by atoms with Crippen molar-refractivity contribution in [3.05, 3.63) is 0 Å². The van der Waals surface area contributed by atoms with Crippen LogP contribution in [0.15, 0.2) is 0 Å². The van der Waals surface area contributed by atoms with Gasteiger partial charge in [-0.25, -0.2) is 0 Å². The Bertz CT molecular complexity index is 48.5. The molecule has 0 spiro atoms. The van der Waals surface area contributed by atoms with Gasteiger partial charge in [0.1, 0.15) is 0 Å². The molecule has 8 radical (unpaired) electrons. The molecule has 0 aliphatic carbocycles. The van der Waals surface area contributed by atoms with Crippen LogP contribution in [0.1, 0.15) is 0 Å². The molecule has 0 rings (SSSR count). The zero-order valence-corrected chi connectivity index (χ0v) is 17.9. The third kappa shape index (κ3) is 571. The van der Waals surface area contributed by atoms with Crippen molar-refractivity contribution in [2.45, 2.75) is 58.9 Å². The van der Waals surface area contributed by atoms with E-state index in [0.717, 1.165) is 0 Å². The van der Waals surface area contributed by atoms with Crippen LogP contribution < -0.4 is 0 Å². The van der Waals surface area contributed by atoms with Crippen molar-refractivity contribution in [1.82, 2.24) is 0 Å². The molecule has 14 heavy (non-hydrogen) atoms. The van der Waals surface area contributed by atoms with E-state index in [9.17, 15) is 0 Å². The predicted molar refractivity (Wildman–Crippen MR) is 81.5 cm³/mol. The quantitative estimate of drug-likeness (QED) is 0.591. The summed E-state index contributed by atoms with van der Waals surface area (Å²) in [6, 6.07) is 0. The molecule has 0 saturated heterocycles. The standard InChI is InChI=1S/3C3H9Si.Li.Sn/c3*1-4(2)3;;/h3*1-3H3;;. The molecule has 0 N–H and O–H groups in total. The van der Waals surface area contributed by atoms with Crippen molar-refractivity contribution in [3.63, 3.8) is 0 Å². The summed E-state index contributed by atoms with van der Waals surface area (Å²) >= 11 is 0. The van der Waals surface area contributed by atoms with E-state index >= 15 is 0 Å². The van der Waals surface area contributed by atoms with Crippen molar-refractivity contribution in [3.8, 4) is 0 Å². The first kappa shape index (κ1) is 29.8. The minimum atomic E-state index is 0. The molecule has 0 nitrogen and oxygen atoms in total. The summed E-state index contributed by atoms with van der Waals surface area (Å²) in [5.74, 6) is 0. The Labute approximate surface area is 127 Å². The Morgan fingerprint density at radius 3 is 0.429 bits per heavy atom. The summed E-state index contributed by atoms with van der Waals surface area (Å²) in [5, 5.41) is 0. The number of rotatable bonds is 0. The molecule has 0 bridgehead atoms. The fraction of sp³-hybridized carbons (Fsp3) is 1.00. The first-order valence-electron chi connectivity index (χ1n) is 4.50. The van der Waals surface area contributed by atoms with Crippen molar-refractivity contribution >= 4 is 69.2 Å². The van der Waals surface area contributed by atoms with Crippen LogP contribution in [-0.4, -0.2) is 69.2 Å². The fourth-order valence-electron chi connectivity index (χ4n) is 0. The van der Waals surface area contributed by atoms with E-state index in [4.69, 9.17) is 0 Å². The maximum Gasteiger partial charge on any atom is 0.0379 e. The smallest absolute Gasteiger partial charge is 0.0379 e. The molecule has 0 atom stereocenters. The average molecular weight is 345 g/mol. The van der Waals surface area contributed by atoms with Gasteiger partial charge >= 0.3 is 0 Å². The van der Waals surface area contributed by atoms with Gasteiger partial charge in [-0.3, -0.25) is 0 Å². The molecule has 0 aromatic heterocycles. The van der Waals surface area contributed by atoms with Crippen molar-refractivity contribution in [2.75, 3.05) is 0 Å². The second kappa shape index (κ2) is 24.3. The Kier molecular flexibility index (Phi) is 51.7. The van der Waals surface area contributed by atoms with E-state index < -0.39 is 0 Å². The van der Waals surface area contributed by atoms with E-state index in [-0.39, 0.29) is 69.2 Å². The minimum Gasteiger partial charge on any atom is -0.0715 e. The molecular formula is C9H27LiSi3Sn. The zero-order valence-electron chi connectivity index (χ0n) is 12.0. The minimum absolute atomic E-state index is 0. The molecular weight excluding hydrogens is 318 g/mol. The SMILES string of the molecule is C[Si](C)C.C[Si](C)C.C[Si](C)C.[Li].[Sn]. The number of hydrogen-bond acceptors (Lipinski definition) is 0. The van der Waals surface area contributed by atoms with Gasteiger partial charge in [-0.05, 0) is 0 Å². The van der Waals surface area contributed by atoms with Gasteiger partial charge in [0.05, 0.1) is 0 Å². The predicted octanol–water partition coefficient (Wildman–Crippen LogP) is 3.35. The van der Waals surface area contributed by atoms with E-state index in [1.807, 2.05) is 0 Å². The maximum absolute atomic E-state index is 2.27. The summed E-state index contributed by atoms with van der Waals surface area (Å²) in [5.41, 5.74) is 0. The summed E-state index contributed by atoms with van der Waals surface area (Å²) in [4.78, 5) is 0. The topological polar surface area (TPSA) is 0 Å². The van der Waals surface area contributed by atoms with Crippen LogP contribution in [0.4, 0.5) is 0 Å². The summed E-state index contributed by atoms with van der Waals surface area (Å²) in [7, 11) is 0.361. The van der Waals surface area contributed by atoms with Crippen LogP contribution in [0.25, 0.3) is 0 Å². The molecule has 0 fully saturated rings. The monoisotopic (exact) mass is 346 g/mol. The third-order valence-electron chi connectivity index (χ3n) is 0. The first-order chi connectivity index (χ1) is 5.20. The second-order valence-electron chi connectivity index (χ2n) is 4.50. The maximum atomic E-state index is 2.27. The van der Waals surface area contributed by atoms with Crippen LogP contribution in [0.5, 0.6) is 0 Å². The van der Waals surface area contributed by atoms with E-state index in [0.29, 0.717) is 0 Å². The molecule has 0 aliphatic rings. The van der Waals surface area contributed by atoms with Gasteiger partial charge in [0.15, 0.2) is 0 Å². The van der Waals surface area contributed by atoms with Gasteiger partial charge in [-0.1, -0.05) is 58.9 Å². The Morgan fingerprint density at radius 2 is 0.429 bits per heavy atom. The Hall–Kier alpha value is 2.05. The van der Waals surface area contributed by atoms with E-state index in [1.165, 1.54) is 0 Å². The molecule has 0 aromatic carbocycles. The van der Waals surface area contributed by atoms with Crippen LogP contribution in [0, 0.1) is 0 Å². The summed E-state index contributed by atoms with van der Waals surface area (Å²) in [6.07, 6.45) is 0. The normalized spacial score (nSPS) is 7.71. The number of hydrogen-bond donors (Lipinski definition) is 0. The summed E-state index contributed by atoms with van der Waals surface area (Å²) < 4.78 is 0. The molecule has 80 valence electrons. The van der Waals surface area contributed by atoms with E-state index in [2.05, 4.69) is 58.9 Å². The van der Waals surface area contributed by atoms with Crippen LogP contribution in [0.2, 0.25) is 58.9 Å². The molecule has 5 heteroatoms. The fourth-order valence-corrected chi connectivity index (χ4v) is 0. The first-order valence-corrected chi connectivity index (χ1v) is 13.5. The van der Waals surface area contributed by atoms with Crippen LogP contribution in [-0.2, 0) is 0 Å². The summed E-state index contributed by atoms with van der Waals surface area (Å²) in [6.45, 7) is 20.4. The Morgan fingerprint density at radius 1 is 0.429 bits per heavy atom. The second-order valence-corrected chi connectivity index (χ2v) is 13.5. The molecule has 0 aliphatic heterocycles. The molecule has 0 unspecified atom stereocenters. The van der Waals surface area contributed by atoms with Gasteiger partial charge in [-0.2, -0.15) is 0 Å².